The van der Waals surface area contributed by atoms with Crippen LogP contribution in [0.25, 0.3) is 0 Å². The molecule has 2 rings (SSSR count). The van der Waals surface area contributed by atoms with Crippen LogP contribution in [-0.4, -0.2) is 50.1 Å². The summed E-state index contributed by atoms with van der Waals surface area (Å²) in [7, 11) is 1.70. The standard InChI is InChI=1S/C12H20N2O3/c1-17-7-5-12(3-4-12)9-14-6-2-10(15)13-8-11(14)16/h2-9H2,1H3,(H,13,15). The van der Waals surface area contributed by atoms with Gasteiger partial charge >= 0.3 is 0 Å². The van der Waals surface area contributed by atoms with Gasteiger partial charge in [0.1, 0.15) is 0 Å². The van der Waals surface area contributed by atoms with E-state index in [1.807, 2.05) is 4.90 Å². The van der Waals surface area contributed by atoms with E-state index in [1.165, 1.54) is 12.8 Å². The molecule has 1 saturated heterocycles. The van der Waals surface area contributed by atoms with Gasteiger partial charge < -0.3 is 15.0 Å². The van der Waals surface area contributed by atoms with E-state index in [0.717, 1.165) is 19.6 Å². The van der Waals surface area contributed by atoms with Gasteiger partial charge in [-0.25, -0.2) is 0 Å². The maximum atomic E-state index is 11.8. The molecule has 1 aliphatic carbocycles. The number of hydrogen-bond donors (Lipinski definition) is 1. The number of rotatable bonds is 5. The number of amides is 2. The minimum absolute atomic E-state index is 0.0254. The van der Waals surface area contributed by atoms with E-state index < -0.39 is 0 Å². The van der Waals surface area contributed by atoms with Crippen molar-refractivity contribution < 1.29 is 14.3 Å². The summed E-state index contributed by atoms with van der Waals surface area (Å²) in [6, 6.07) is 0. The predicted octanol–water partition coefficient (Wildman–Crippen LogP) is 0.152. The molecule has 0 aromatic rings. The van der Waals surface area contributed by atoms with E-state index in [-0.39, 0.29) is 23.8 Å². The van der Waals surface area contributed by atoms with Gasteiger partial charge in [-0.1, -0.05) is 0 Å². The zero-order valence-electron chi connectivity index (χ0n) is 10.3. The molecule has 1 aliphatic heterocycles. The van der Waals surface area contributed by atoms with E-state index in [4.69, 9.17) is 4.74 Å². The number of nitrogens with zero attached hydrogens (tertiary/aromatic N) is 1. The van der Waals surface area contributed by atoms with Crippen molar-refractivity contribution in [2.45, 2.75) is 25.7 Å². The van der Waals surface area contributed by atoms with E-state index >= 15 is 0 Å². The van der Waals surface area contributed by atoms with Crippen molar-refractivity contribution in [3.05, 3.63) is 0 Å². The third-order valence-corrected chi connectivity index (χ3v) is 3.72. The van der Waals surface area contributed by atoms with Crippen molar-refractivity contribution in [3.63, 3.8) is 0 Å². The van der Waals surface area contributed by atoms with Crippen LogP contribution in [0.4, 0.5) is 0 Å². The average molecular weight is 240 g/mol. The SMILES string of the molecule is COCCC1(CN2CCC(=O)NCC2=O)CC1. The molecule has 0 unspecified atom stereocenters. The molecule has 1 N–H and O–H groups in total. The van der Waals surface area contributed by atoms with Crippen molar-refractivity contribution in [1.29, 1.82) is 0 Å². The molecule has 0 bridgehead atoms. The zero-order chi connectivity index (χ0) is 12.3. The van der Waals surface area contributed by atoms with Crippen molar-refractivity contribution in [2.75, 3.05) is 33.4 Å². The monoisotopic (exact) mass is 240 g/mol. The highest BCUT2D eigenvalue weighted by atomic mass is 16.5. The van der Waals surface area contributed by atoms with E-state index in [2.05, 4.69) is 5.32 Å². The minimum Gasteiger partial charge on any atom is -0.385 e. The van der Waals surface area contributed by atoms with Crippen LogP contribution in [0.15, 0.2) is 0 Å². The van der Waals surface area contributed by atoms with Gasteiger partial charge in [-0.15, -0.1) is 0 Å². The quantitative estimate of drug-likeness (QED) is 0.744. The maximum absolute atomic E-state index is 11.8. The summed E-state index contributed by atoms with van der Waals surface area (Å²) in [4.78, 5) is 24.9. The van der Waals surface area contributed by atoms with Gasteiger partial charge in [0.25, 0.3) is 0 Å². The van der Waals surface area contributed by atoms with Gasteiger partial charge in [0, 0.05) is 33.2 Å². The Bertz CT molecular complexity index is 313. The Hall–Kier alpha value is -1.10. The molecule has 1 heterocycles. The second-order valence-corrected chi connectivity index (χ2v) is 5.08. The Balaban J connectivity index is 1.88. The molecule has 2 amide bonds. The summed E-state index contributed by atoms with van der Waals surface area (Å²) in [6.45, 7) is 2.24. The van der Waals surface area contributed by atoms with Crippen LogP contribution in [0, 0.1) is 5.41 Å². The van der Waals surface area contributed by atoms with Gasteiger partial charge in [0.05, 0.1) is 6.54 Å². The molecule has 0 aromatic carbocycles. The van der Waals surface area contributed by atoms with Crippen LogP contribution < -0.4 is 5.32 Å². The molecular formula is C12H20N2O3. The second kappa shape index (κ2) is 5.04. The van der Waals surface area contributed by atoms with Gasteiger partial charge in [0.2, 0.25) is 11.8 Å². The largest absolute Gasteiger partial charge is 0.385 e. The lowest BCUT2D eigenvalue weighted by Crippen LogP contribution is -2.39. The smallest absolute Gasteiger partial charge is 0.241 e. The number of hydrogen-bond acceptors (Lipinski definition) is 3. The van der Waals surface area contributed by atoms with Crippen LogP contribution in [-0.2, 0) is 14.3 Å². The summed E-state index contributed by atoms with van der Waals surface area (Å²) in [6.07, 6.45) is 3.77. The lowest BCUT2D eigenvalue weighted by Gasteiger charge is -2.25. The fraction of sp³-hybridized carbons (Fsp3) is 0.833. The third-order valence-electron chi connectivity index (χ3n) is 3.72. The molecule has 0 atom stereocenters. The topological polar surface area (TPSA) is 58.6 Å². The van der Waals surface area contributed by atoms with Crippen LogP contribution >= 0.6 is 0 Å². The number of methoxy groups -OCH3 is 1. The van der Waals surface area contributed by atoms with Gasteiger partial charge in [-0.3, -0.25) is 9.59 Å². The van der Waals surface area contributed by atoms with Gasteiger partial charge in [-0.2, -0.15) is 0 Å². The number of ether oxygens (including phenoxy) is 1. The minimum atomic E-state index is -0.0254. The lowest BCUT2D eigenvalue weighted by molar-refractivity contribution is -0.130. The predicted molar refractivity (Wildman–Crippen MR) is 62.4 cm³/mol. The summed E-state index contributed by atoms with van der Waals surface area (Å²) >= 11 is 0. The number of carbonyl (C=O) groups is 2. The summed E-state index contributed by atoms with van der Waals surface area (Å²) in [5.74, 6) is 0.0159. The lowest BCUT2D eigenvalue weighted by atomic mass is 10.0. The molecule has 2 aliphatic rings. The summed E-state index contributed by atoms with van der Waals surface area (Å²) < 4.78 is 5.11. The van der Waals surface area contributed by atoms with Crippen molar-refractivity contribution in [3.8, 4) is 0 Å². The number of carbonyl (C=O) groups excluding carboxylic acids is 2. The normalized spacial score (nSPS) is 23.2. The summed E-state index contributed by atoms with van der Waals surface area (Å²) in [5.41, 5.74) is 0.263. The molecule has 5 nitrogen and oxygen atoms in total. The molecule has 1 saturated carbocycles. The fourth-order valence-electron chi connectivity index (χ4n) is 2.29. The molecule has 96 valence electrons. The first-order valence-corrected chi connectivity index (χ1v) is 6.19. The molecule has 0 radical (unpaired) electrons. The Kier molecular flexibility index (Phi) is 3.66. The van der Waals surface area contributed by atoms with Crippen molar-refractivity contribution in [2.24, 2.45) is 5.41 Å². The Morgan fingerprint density at radius 3 is 2.82 bits per heavy atom. The molecule has 17 heavy (non-hydrogen) atoms. The molecule has 5 heteroatoms. The molecule has 0 aromatic heterocycles. The first-order valence-electron chi connectivity index (χ1n) is 6.19. The molecule has 2 fully saturated rings. The van der Waals surface area contributed by atoms with Crippen molar-refractivity contribution >= 4 is 11.8 Å². The van der Waals surface area contributed by atoms with E-state index in [9.17, 15) is 9.59 Å². The summed E-state index contributed by atoms with van der Waals surface area (Å²) in [5, 5.41) is 2.62. The van der Waals surface area contributed by atoms with Gasteiger partial charge in [0.15, 0.2) is 0 Å². The van der Waals surface area contributed by atoms with Crippen LogP contribution in [0.3, 0.4) is 0 Å². The fourth-order valence-corrected chi connectivity index (χ4v) is 2.29. The molecule has 0 spiro atoms. The van der Waals surface area contributed by atoms with Gasteiger partial charge in [-0.05, 0) is 24.7 Å². The first kappa shape index (κ1) is 12.4. The first-order chi connectivity index (χ1) is 8.15. The Morgan fingerprint density at radius 1 is 1.41 bits per heavy atom. The Labute approximate surface area is 101 Å². The second-order valence-electron chi connectivity index (χ2n) is 5.08. The van der Waals surface area contributed by atoms with Crippen molar-refractivity contribution in [1.82, 2.24) is 10.2 Å². The van der Waals surface area contributed by atoms with Crippen LogP contribution in [0.5, 0.6) is 0 Å². The maximum Gasteiger partial charge on any atom is 0.241 e. The highest BCUT2D eigenvalue weighted by Crippen LogP contribution is 2.49. The zero-order valence-corrected chi connectivity index (χ0v) is 10.3. The third kappa shape index (κ3) is 3.19. The average Bonchev–Trinajstić information content (AvgIpc) is 3.10. The highest BCUT2D eigenvalue weighted by molar-refractivity contribution is 5.87. The van der Waals surface area contributed by atoms with Crippen LogP contribution in [0.1, 0.15) is 25.7 Å². The molecular weight excluding hydrogens is 220 g/mol. The van der Waals surface area contributed by atoms with Crippen LogP contribution in [0.2, 0.25) is 0 Å². The number of nitrogens with one attached hydrogen (secondary N) is 1. The highest BCUT2D eigenvalue weighted by Gasteiger charge is 2.44. The van der Waals surface area contributed by atoms with E-state index in [0.29, 0.717) is 13.0 Å². The Morgan fingerprint density at radius 2 is 2.18 bits per heavy atom. The van der Waals surface area contributed by atoms with E-state index in [1.54, 1.807) is 7.11 Å².